The third kappa shape index (κ3) is 4.11. The van der Waals surface area contributed by atoms with Crippen LogP contribution in [0.1, 0.15) is 39.1 Å². The second-order valence-corrected chi connectivity index (χ2v) is 7.66. The summed E-state index contributed by atoms with van der Waals surface area (Å²) in [6.07, 6.45) is 0.737. The molecule has 0 spiro atoms. The zero-order valence-corrected chi connectivity index (χ0v) is 16.7. The summed E-state index contributed by atoms with van der Waals surface area (Å²) in [5, 5.41) is 0. The summed E-state index contributed by atoms with van der Waals surface area (Å²) < 4.78 is 13.8. The fourth-order valence-electron chi connectivity index (χ4n) is 4.01. The Morgan fingerprint density at radius 2 is 1.47 bits per heavy atom. The molecule has 3 amide bonds. The van der Waals surface area contributed by atoms with Gasteiger partial charge in [0.25, 0.3) is 11.8 Å². The summed E-state index contributed by atoms with van der Waals surface area (Å²) in [6, 6.07) is 13.5. The molecule has 0 saturated carbocycles. The highest BCUT2D eigenvalue weighted by Crippen LogP contribution is 2.22. The van der Waals surface area contributed by atoms with Crippen LogP contribution in [-0.2, 0) is 11.3 Å². The maximum atomic E-state index is 13.8. The number of nitrogens with zero attached hydrogens (tertiary/aromatic N) is 3. The zero-order valence-electron chi connectivity index (χ0n) is 16.7. The standard InChI is InChI=1S/C23H24FN3O3/c24-20-9-4-1-6-17(20)16-25-12-14-26(15-13-25)21(28)10-5-11-27-22(29)18-7-2-3-8-19(18)23(27)30/h1-4,6-9H,5,10-16H2. The molecule has 156 valence electrons. The summed E-state index contributed by atoms with van der Waals surface area (Å²) in [6.45, 7) is 3.36. The van der Waals surface area contributed by atoms with Crippen molar-refractivity contribution in [1.82, 2.24) is 14.7 Å². The fraction of sp³-hybridized carbons (Fsp3) is 0.348. The lowest BCUT2D eigenvalue weighted by molar-refractivity contribution is -0.133. The second kappa shape index (κ2) is 8.75. The number of benzene rings is 2. The maximum absolute atomic E-state index is 13.8. The van der Waals surface area contributed by atoms with Crippen LogP contribution in [0.25, 0.3) is 0 Å². The van der Waals surface area contributed by atoms with Crippen LogP contribution in [0.3, 0.4) is 0 Å². The number of halogens is 1. The first-order chi connectivity index (χ1) is 14.5. The number of hydrogen-bond acceptors (Lipinski definition) is 4. The van der Waals surface area contributed by atoms with Crippen molar-refractivity contribution < 1.29 is 18.8 Å². The molecule has 0 N–H and O–H groups in total. The third-order valence-corrected chi connectivity index (χ3v) is 5.73. The Kier molecular flexibility index (Phi) is 5.90. The van der Waals surface area contributed by atoms with Crippen LogP contribution in [0, 0.1) is 5.82 Å². The Morgan fingerprint density at radius 3 is 2.10 bits per heavy atom. The lowest BCUT2D eigenvalue weighted by Crippen LogP contribution is -2.48. The summed E-state index contributed by atoms with van der Waals surface area (Å²) in [7, 11) is 0. The van der Waals surface area contributed by atoms with Gasteiger partial charge in [0, 0.05) is 51.3 Å². The van der Waals surface area contributed by atoms with Gasteiger partial charge in [-0.1, -0.05) is 30.3 Å². The van der Waals surface area contributed by atoms with Crippen molar-refractivity contribution in [3.63, 3.8) is 0 Å². The molecule has 0 aliphatic carbocycles. The number of fused-ring (bicyclic) bond motifs is 1. The van der Waals surface area contributed by atoms with Gasteiger partial charge in [-0.2, -0.15) is 0 Å². The number of amides is 3. The second-order valence-electron chi connectivity index (χ2n) is 7.66. The average Bonchev–Trinajstić information content (AvgIpc) is 3.01. The van der Waals surface area contributed by atoms with E-state index in [9.17, 15) is 18.8 Å². The monoisotopic (exact) mass is 409 g/mol. The highest BCUT2D eigenvalue weighted by Gasteiger charge is 2.34. The molecule has 1 saturated heterocycles. The molecule has 2 aliphatic rings. The topological polar surface area (TPSA) is 60.9 Å². The Balaban J connectivity index is 1.22. The number of rotatable bonds is 6. The van der Waals surface area contributed by atoms with Crippen molar-refractivity contribution in [2.45, 2.75) is 19.4 Å². The van der Waals surface area contributed by atoms with Gasteiger partial charge in [0.1, 0.15) is 5.82 Å². The number of carbonyl (C=O) groups excluding carboxylic acids is 3. The Bertz CT molecular complexity index is 935. The molecule has 1 fully saturated rings. The summed E-state index contributed by atoms with van der Waals surface area (Å²) in [4.78, 5) is 42.4. The van der Waals surface area contributed by atoms with Gasteiger partial charge in [0.05, 0.1) is 11.1 Å². The zero-order chi connectivity index (χ0) is 21.1. The molecule has 4 rings (SSSR count). The average molecular weight is 409 g/mol. The van der Waals surface area contributed by atoms with E-state index in [0.717, 1.165) is 0 Å². The molecule has 2 aromatic carbocycles. The minimum atomic E-state index is -0.287. The van der Waals surface area contributed by atoms with Gasteiger partial charge in [-0.3, -0.25) is 24.2 Å². The largest absolute Gasteiger partial charge is 0.340 e. The van der Waals surface area contributed by atoms with Crippen LogP contribution < -0.4 is 0 Å². The first kappa shape index (κ1) is 20.2. The molecular weight excluding hydrogens is 385 g/mol. The van der Waals surface area contributed by atoms with Gasteiger partial charge in [-0.15, -0.1) is 0 Å². The van der Waals surface area contributed by atoms with E-state index in [2.05, 4.69) is 4.90 Å². The molecule has 2 heterocycles. The number of imide groups is 1. The van der Waals surface area contributed by atoms with Crippen molar-refractivity contribution in [2.24, 2.45) is 0 Å². The predicted octanol–water partition coefficient (Wildman–Crippen LogP) is 2.55. The fourth-order valence-corrected chi connectivity index (χ4v) is 4.01. The van der Waals surface area contributed by atoms with Crippen molar-refractivity contribution in [1.29, 1.82) is 0 Å². The molecule has 6 nitrogen and oxygen atoms in total. The van der Waals surface area contributed by atoms with E-state index in [4.69, 9.17) is 0 Å². The molecule has 0 atom stereocenters. The molecular formula is C23H24FN3O3. The lowest BCUT2D eigenvalue weighted by Gasteiger charge is -2.35. The van der Waals surface area contributed by atoms with E-state index in [0.29, 0.717) is 62.3 Å². The van der Waals surface area contributed by atoms with Gasteiger partial charge >= 0.3 is 0 Å². The van der Waals surface area contributed by atoms with Gasteiger partial charge in [-0.05, 0) is 24.6 Å². The van der Waals surface area contributed by atoms with Gasteiger partial charge in [0.15, 0.2) is 0 Å². The number of carbonyl (C=O) groups is 3. The van der Waals surface area contributed by atoms with Crippen LogP contribution in [0.5, 0.6) is 0 Å². The van der Waals surface area contributed by atoms with E-state index >= 15 is 0 Å². The van der Waals surface area contributed by atoms with Crippen molar-refractivity contribution in [3.8, 4) is 0 Å². The van der Waals surface area contributed by atoms with E-state index in [1.165, 1.54) is 11.0 Å². The SMILES string of the molecule is O=C(CCCN1C(=O)c2ccccc2C1=O)N1CCN(Cc2ccccc2F)CC1. The molecule has 2 aromatic rings. The normalized spacial score (nSPS) is 16.8. The highest BCUT2D eigenvalue weighted by atomic mass is 19.1. The quantitative estimate of drug-likeness (QED) is 0.688. The highest BCUT2D eigenvalue weighted by molar-refractivity contribution is 6.21. The van der Waals surface area contributed by atoms with Crippen LogP contribution in [0.15, 0.2) is 48.5 Å². The molecule has 7 heteroatoms. The summed E-state index contributed by atoms with van der Waals surface area (Å²) in [5.74, 6) is -0.754. The molecule has 0 aromatic heterocycles. The van der Waals surface area contributed by atoms with E-state index in [1.54, 1.807) is 41.3 Å². The van der Waals surface area contributed by atoms with Gasteiger partial charge < -0.3 is 4.90 Å². The summed E-state index contributed by atoms with van der Waals surface area (Å²) >= 11 is 0. The van der Waals surface area contributed by atoms with Crippen molar-refractivity contribution >= 4 is 17.7 Å². The lowest BCUT2D eigenvalue weighted by atomic mass is 10.1. The Labute approximate surface area is 174 Å². The van der Waals surface area contributed by atoms with Gasteiger partial charge in [0.2, 0.25) is 5.91 Å². The molecule has 0 unspecified atom stereocenters. The van der Waals surface area contributed by atoms with E-state index < -0.39 is 0 Å². The van der Waals surface area contributed by atoms with Crippen LogP contribution >= 0.6 is 0 Å². The maximum Gasteiger partial charge on any atom is 0.261 e. The predicted molar refractivity (Wildman–Crippen MR) is 109 cm³/mol. The van der Waals surface area contributed by atoms with E-state index in [1.807, 2.05) is 6.07 Å². The van der Waals surface area contributed by atoms with Crippen LogP contribution in [0.2, 0.25) is 0 Å². The number of piperazine rings is 1. The van der Waals surface area contributed by atoms with Crippen molar-refractivity contribution in [3.05, 3.63) is 71.0 Å². The van der Waals surface area contributed by atoms with Crippen LogP contribution in [-0.4, -0.2) is 65.1 Å². The minimum absolute atomic E-state index is 0.0251. The summed E-state index contributed by atoms with van der Waals surface area (Å²) in [5.41, 5.74) is 1.53. The smallest absolute Gasteiger partial charge is 0.261 e. The molecule has 2 aliphatic heterocycles. The first-order valence-electron chi connectivity index (χ1n) is 10.2. The van der Waals surface area contributed by atoms with Gasteiger partial charge in [-0.25, -0.2) is 4.39 Å². The number of hydrogen-bond donors (Lipinski definition) is 0. The third-order valence-electron chi connectivity index (χ3n) is 5.73. The first-order valence-corrected chi connectivity index (χ1v) is 10.2. The van der Waals surface area contributed by atoms with E-state index in [-0.39, 0.29) is 30.1 Å². The molecule has 0 radical (unpaired) electrons. The van der Waals surface area contributed by atoms with Crippen LogP contribution in [0.4, 0.5) is 4.39 Å². The molecule has 0 bridgehead atoms. The minimum Gasteiger partial charge on any atom is -0.340 e. The van der Waals surface area contributed by atoms with Crippen molar-refractivity contribution in [2.75, 3.05) is 32.7 Å². The Hall–Kier alpha value is -3.06. The molecule has 30 heavy (non-hydrogen) atoms. The Morgan fingerprint density at radius 1 is 0.867 bits per heavy atom.